The molecule has 3 aromatic rings. The van der Waals surface area contributed by atoms with Crippen molar-refractivity contribution in [3.8, 4) is 0 Å². The summed E-state index contributed by atoms with van der Waals surface area (Å²) in [4.78, 5) is 21.6. The number of carbonyl (C=O) groups excluding carboxylic acids is 1. The molecule has 2 aromatic heterocycles. The molecule has 0 aliphatic heterocycles. The Labute approximate surface area is 127 Å². The molecule has 114 valence electrons. The molecule has 5 heteroatoms. The van der Waals surface area contributed by atoms with Crippen LogP contribution in [0.2, 0.25) is 0 Å². The summed E-state index contributed by atoms with van der Waals surface area (Å²) in [5.41, 5.74) is 2.82. The van der Waals surface area contributed by atoms with Crippen molar-refractivity contribution < 1.29 is 19.1 Å². The van der Waals surface area contributed by atoms with Crippen molar-refractivity contribution in [2.45, 2.75) is 19.4 Å². The smallest absolute Gasteiger partial charge is 0.326 e. The lowest BCUT2D eigenvalue weighted by Crippen LogP contribution is -2.41. The number of hydrogen-bond donors (Lipinski definition) is 2. The van der Waals surface area contributed by atoms with Crippen LogP contribution in [0.4, 0.5) is 0 Å². The maximum absolute atomic E-state index is 10.8. The van der Waals surface area contributed by atoms with Crippen LogP contribution in [0.15, 0.2) is 59.0 Å². The van der Waals surface area contributed by atoms with Crippen LogP contribution in [0.1, 0.15) is 12.5 Å². The fraction of sp³-hybridized carbons (Fsp3) is 0.176. The molecule has 1 amide bonds. The first-order valence-electron chi connectivity index (χ1n) is 6.86. The van der Waals surface area contributed by atoms with E-state index in [0.29, 0.717) is 6.42 Å². The number of carbonyl (C=O) groups is 2. The molecule has 1 aromatic carbocycles. The summed E-state index contributed by atoms with van der Waals surface area (Å²) >= 11 is 0. The number of hydrogen-bond acceptors (Lipinski definition) is 3. The van der Waals surface area contributed by atoms with Gasteiger partial charge in [-0.2, -0.15) is 0 Å². The molecule has 0 saturated heterocycles. The van der Waals surface area contributed by atoms with E-state index in [0.717, 1.165) is 16.7 Å². The van der Waals surface area contributed by atoms with E-state index in [2.05, 4.69) is 5.32 Å². The van der Waals surface area contributed by atoms with Gasteiger partial charge in [-0.25, -0.2) is 4.79 Å². The molecule has 3 rings (SSSR count). The van der Waals surface area contributed by atoms with Crippen molar-refractivity contribution in [1.29, 1.82) is 0 Å². The third-order valence-corrected chi connectivity index (χ3v) is 3.02. The molecule has 0 aliphatic carbocycles. The first-order chi connectivity index (χ1) is 10.5. The minimum atomic E-state index is -1.02. The second-order valence-corrected chi connectivity index (χ2v) is 4.85. The zero-order valence-corrected chi connectivity index (χ0v) is 12.2. The van der Waals surface area contributed by atoms with E-state index in [4.69, 9.17) is 9.52 Å². The average molecular weight is 299 g/mol. The number of aliphatic carboxylic acids is 1. The van der Waals surface area contributed by atoms with Crippen molar-refractivity contribution >= 4 is 23.0 Å². The predicted molar refractivity (Wildman–Crippen MR) is 82.8 cm³/mol. The fourth-order valence-corrected chi connectivity index (χ4v) is 2.01. The summed E-state index contributed by atoms with van der Waals surface area (Å²) in [5, 5.41) is 11.3. The van der Waals surface area contributed by atoms with E-state index >= 15 is 0 Å². The first-order valence-corrected chi connectivity index (χ1v) is 6.86. The van der Waals surface area contributed by atoms with Crippen molar-refractivity contribution in [3.63, 3.8) is 0 Å². The molecule has 0 fully saturated rings. The Morgan fingerprint density at radius 1 is 1.05 bits per heavy atom. The SMILES string of the molecule is CC(=O)NC(Cc1ccccc1)C(=O)O.c1cc2ccc1o2. The van der Waals surface area contributed by atoms with Gasteiger partial charge in [0.15, 0.2) is 0 Å². The Balaban J connectivity index is 0.000000205. The van der Waals surface area contributed by atoms with Gasteiger partial charge in [-0.15, -0.1) is 0 Å². The Morgan fingerprint density at radius 2 is 1.59 bits per heavy atom. The summed E-state index contributed by atoms with van der Waals surface area (Å²) < 4.78 is 5.08. The normalized spacial score (nSPS) is 11.5. The van der Waals surface area contributed by atoms with Gasteiger partial charge < -0.3 is 14.8 Å². The summed E-state index contributed by atoms with van der Waals surface area (Å²) in [7, 11) is 0. The van der Waals surface area contributed by atoms with E-state index < -0.39 is 12.0 Å². The van der Waals surface area contributed by atoms with Crippen LogP contribution in [-0.2, 0) is 16.0 Å². The number of fused-ring (bicyclic) bond motifs is 2. The molecule has 1 unspecified atom stereocenters. The molecular formula is C17H17NO4. The van der Waals surface area contributed by atoms with Crippen molar-refractivity contribution in [1.82, 2.24) is 5.32 Å². The highest BCUT2D eigenvalue weighted by atomic mass is 16.4. The number of nitrogens with one attached hydrogen (secondary N) is 1. The first kappa shape index (κ1) is 15.6. The summed E-state index contributed by atoms with van der Waals surface area (Å²) in [5.74, 6) is -1.35. The van der Waals surface area contributed by atoms with Gasteiger partial charge in [-0.05, 0) is 29.8 Å². The summed E-state index contributed by atoms with van der Waals surface area (Å²) in [6, 6.07) is 16.1. The molecule has 2 bridgehead atoms. The largest absolute Gasteiger partial charge is 0.480 e. The van der Waals surface area contributed by atoms with Crippen LogP contribution >= 0.6 is 0 Å². The van der Waals surface area contributed by atoms with Crippen molar-refractivity contribution in [3.05, 3.63) is 60.2 Å². The van der Waals surface area contributed by atoms with Crippen molar-refractivity contribution in [2.24, 2.45) is 0 Å². The quantitative estimate of drug-likeness (QED) is 0.776. The molecule has 0 aliphatic rings. The van der Waals surface area contributed by atoms with E-state index in [-0.39, 0.29) is 5.91 Å². The summed E-state index contributed by atoms with van der Waals surface area (Å²) in [6.45, 7) is 1.31. The zero-order valence-electron chi connectivity index (χ0n) is 12.2. The lowest BCUT2D eigenvalue weighted by molar-refractivity contribution is -0.141. The third kappa shape index (κ3) is 4.63. The van der Waals surface area contributed by atoms with Gasteiger partial charge in [0.05, 0.1) is 0 Å². The Hall–Kier alpha value is -2.82. The fourth-order valence-electron chi connectivity index (χ4n) is 2.01. The molecule has 0 radical (unpaired) electrons. The van der Waals surface area contributed by atoms with Gasteiger partial charge in [-0.3, -0.25) is 4.79 Å². The van der Waals surface area contributed by atoms with Crippen LogP contribution < -0.4 is 5.32 Å². The number of amides is 1. The van der Waals surface area contributed by atoms with E-state index in [1.54, 1.807) is 0 Å². The molecular weight excluding hydrogens is 282 g/mol. The van der Waals surface area contributed by atoms with Gasteiger partial charge in [0.2, 0.25) is 5.91 Å². The zero-order chi connectivity index (χ0) is 15.9. The standard InChI is InChI=1S/C11H13NO3.C6H4O/c1-8(13)12-10(11(14)15)7-9-5-3-2-4-6-9;1-2-6-4-3-5(1)7-6/h2-6,10H,7H2,1H3,(H,12,13)(H,14,15);1-4H. The monoisotopic (exact) mass is 299 g/mol. The lowest BCUT2D eigenvalue weighted by Gasteiger charge is -2.12. The molecule has 1 atom stereocenters. The van der Waals surface area contributed by atoms with Gasteiger partial charge in [0.1, 0.15) is 17.2 Å². The topological polar surface area (TPSA) is 79.5 Å². The Morgan fingerprint density at radius 3 is 1.95 bits per heavy atom. The van der Waals surface area contributed by atoms with Gasteiger partial charge in [0, 0.05) is 13.3 Å². The van der Waals surface area contributed by atoms with Crippen LogP contribution in [0, 0.1) is 0 Å². The van der Waals surface area contributed by atoms with Gasteiger partial charge >= 0.3 is 5.97 Å². The maximum atomic E-state index is 10.8. The van der Waals surface area contributed by atoms with Crippen LogP contribution in [-0.4, -0.2) is 23.0 Å². The third-order valence-electron chi connectivity index (χ3n) is 3.02. The molecule has 22 heavy (non-hydrogen) atoms. The second kappa shape index (κ2) is 7.26. The Bertz CT molecular complexity index is 675. The van der Waals surface area contributed by atoms with Gasteiger partial charge in [0.25, 0.3) is 0 Å². The number of furan rings is 2. The number of benzene rings is 2. The van der Waals surface area contributed by atoms with Crippen molar-refractivity contribution in [2.75, 3.05) is 0 Å². The van der Waals surface area contributed by atoms with Crippen LogP contribution in [0.5, 0.6) is 0 Å². The molecule has 2 heterocycles. The summed E-state index contributed by atoms with van der Waals surface area (Å²) in [6.07, 6.45) is 0.301. The average Bonchev–Trinajstić information content (AvgIpc) is 3.13. The Kier molecular flexibility index (Phi) is 5.14. The highest BCUT2D eigenvalue weighted by Gasteiger charge is 2.18. The molecule has 5 nitrogen and oxygen atoms in total. The lowest BCUT2D eigenvalue weighted by atomic mass is 10.1. The maximum Gasteiger partial charge on any atom is 0.326 e. The number of carboxylic acid groups (broad SMARTS) is 1. The van der Waals surface area contributed by atoms with E-state index in [9.17, 15) is 9.59 Å². The van der Waals surface area contributed by atoms with Crippen LogP contribution in [0.25, 0.3) is 11.2 Å². The minimum absolute atomic E-state index is 0.301. The molecule has 0 spiro atoms. The van der Waals surface area contributed by atoms with E-state index in [1.165, 1.54) is 6.92 Å². The minimum Gasteiger partial charge on any atom is -0.480 e. The highest BCUT2D eigenvalue weighted by molar-refractivity contribution is 5.82. The second-order valence-electron chi connectivity index (χ2n) is 4.85. The van der Waals surface area contributed by atoms with Crippen LogP contribution in [0.3, 0.4) is 0 Å². The predicted octanol–water partition coefficient (Wildman–Crippen LogP) is 2.69. The van der Waals surface area contributed by atoms with E-state index in [1.807, 2.05) is 54.6 Å². The number of rotatable bonds is 4. The molecule has 0 saturated carbocycles. The number of carboxylic acids is 1. The molecule has 2 N–H and O–H groups in total. The highest BCUT2D eigenvalue weighted by Crippen LogP contribution is 2.13. The van der Waals surface area contributed by atoms with Gasteiger partial charge in [-0.1, -0.05) is 30.3 Å².